The highest BCUT2D eigenvalue weighted by Crippen LogP contribution is 2.65. The van der Waals surface area contributed by atoms with Crippen LogP contribution in [-0.2, 0) is 4.79 Å². The Morgan fingerprint density at radius 3 is 2.50 bits per heavy atom. The van der Waals surface area contributed by atoms with Crippen molar-refractivity contribution >= 4 is 28.9 Å². The van der Waals surface area contributed by atoms with Crippen LogP contribution in [0.4, 0.5) is 5.69 Å². The number of amides is 1. The van der Waals surface area contributed by atoms with Crippen molar-refractivity contribution < 1.29 is 4.79 Å². The fourth-order valence-corrected chi connectivity index (χ4v) is 5.52. The molecule has 4 heteroatoms. The second-order valence-corrected chi connectivity index (χ2v) is 8.20. The molecule has 1 heterocycles. The van der Waals surface area contributed by atoms with Crippen LogP contribution < -0.4 is 10.2 Å². The third kappa shape index (κ3) is 1.62. The largest absolute Gasteiger partial charge is 0.356 e. The van der Waals surface area contributed by atoms with Crippen LogP contribution in [0.5, 0.6) is 0 Å². The molecule has 2 bridgehead atoms. The number of thiocarbonyl (C=S) groups is 1. The van der Waals surface area contributed by atoms with E-state index >= 15 is 0 Å². The lowest BCUT2D eigenvalue weighted by Crippen LogP contribution is -2.77. The van der Waals surface area contributed by atoms with Gasteiger partial charge in [-0.1, -0.05) is 32.0 Å². The maximum Gasteiger partial charge on any atom is 0.238 e. The lowest BCUT2D eigenvalue weighted by molar-refractivity contribution is -0.164. The predicted molar refractivity (Wildman–Crippen MR) is 91.6 cm³/mol. The highest BCUT2D eigenvalue weighted by Gasteiger charge is 2.67. The minimum Gasteiger partial charge on any atom is -0.356 e. The van der Waals surface area contributed by atoms with E-state index in [0.717, 1.165) is 12.1 Å². The molecule has 0 aromatic heterocycles. The van der Waals surface area contributed by atoms with Gasteiger partial charge in [0.15, 0.2) is 5.11 Å². The number of anilines is 1. The van der Waals surface area contributed by atoms with Crippen LogP contribution in [0.2, 0.25) is 0 Å². The smallest absolute Gasteiger partial charge is 0.238 e. The number of carbonyl (C=O) groups is 1. The second kappa shape index (κ2) is 4.31. The fourth-order valence-electron chi connectivity index (χ4n) is 5.10. The molecule has 3 nitrogen and oxygen atoms in total. The van der Waals surface area contributed by atoms with Crippen molar-refractivity contribution in [1.29, 1.82) is 0 Å². The Bertz CT molecular complexity index is 656. The molecule has 0 spiro atoms. The highest BCUT2D eigenvalue weighted by molar-refractivity contribution is 7.80. The van der Waals surface area contributed by atoms with E-state index in [1.165, 1.54) is 6.42 Å². The summed E-state index contributed by atoms with van der Waals surface area (Å²) < 4.78 is 0. The molecule has 5 rings (SSSR count). The van der Waals surface area contributed by atoms with Gasteiger partial charge in [0.1, 0.15) is 0 Å². The number of hydrogen-bond acceptors (Lipinski definition) is 2. The zero-order valence-electron chi connectivity index (χ0n) is 13.3. The van der Waals surface area contributed by atoms with Crippen molar-refractivity contribution in [3.05, 3.63) is 30.3 Å². The fraction of sp³-hybridized carbons (Fsp3) is 0.556. The molecule has 1 N–H and O–H groups in total. The summed E-state index contributed by atoms with van der Waals surface area (Å²) in [6.45, 7) is 6.88. The van der Waals surface area contributed by atoms with E-state index in [9.17, 15) is 4.79 Å². The molecule has 4 atom stereocenters. The van der Waals surface area contributed by atoms with Crippen LogP contribution in [0.15, 0.2) is 30.3 Å². The molecule has 3 aliphatic carbocycles. The number of hydrogen-bond donors (Lipinski definition) is 1. The summed E-state index contributed by atoms with van der Waals surface area (Å²) >= 11 is 5.57. The van der Waals surface area contributed by atoms with Crippen LogP contribution in [0, 0.1) is 23.2 Å². The van der Waals surface area contributed by atoms with Gasteiger partial charge in [-0.15, -0.1) is 0 Å². The van der Waals surface area contributed by atoms with Gasteiger partial charge in [-0.2, -0.15) is 0 Å². The van der Waals surface area contributed by atoms with Crippen molar-refractivity contribution in [2.45, 2.75) is 39.2 Å². The van der Waals surface area contributed by atoms with Crippen LogP contribution in [0.25, 0.3) is 0 Å². The van der Waals surface area contributed by atoms with Crippen molar-refractivity contribution in [1.82, 2.24) is 5.32 Å². The van der Waals surface area contributed by atoms with Crippen molar-refractivity contribution in [2.75, 3.05) is 4.90 Å². The molecule has 4 aliphatic rings. The molecule has 3 saturated carbocycles. The molecule has 22 heavy (non-hydrogen) atoms. The molecule has 0 radical (unpaired) electrons. The summed E-state index contributed by atoms with van der Waals surface area (Å²) in [6.07, 6.45) is 2.19. The summed E-state index contributed by atoms with van der Waals surface area (Å²) in [7, 11) is 0. The van der Waals surface area contributed by atoms with Gasteiger partial charge in [0.05, 0.1) is 17.1 Å². The van der Waals surface area contributed by atoms with Gasteiger partial charge in [-0.25, -0.2) is 0 Å². The van der Waals surface area contributed by atoms with E-state index in [4.69, 9.17) is 12.2 Å². The standard InChI is InChI=1S/C18H22N2OS/c1-17(2)11-9-13-15(21)20(12-7-5-4-6-8-12)16(22)19-18(13,3)14(17)10-11/h4-8,11,13-14H,9-10H2,1-3H3,(H,19,22)/t11-,13+,14+,18-/m0/s1. The van der Waals surface area contributed by atoms with E-state index in [2.05, 4.69) is 26.1 Å². The molecule has 1 aromatic rings. The van der Waals surface area contributed by atoms with Crippen molar-refractivity contribution in [3.8, 4) is 0 Å². The number of nitrogens with zero attached hydrogens (tertiary/aromatic N) is 1. The van der Waals surface area contributed by atoms with Crippen molar-refractivity contribution in [2.24, 2.45) is 23.2 Å². The van der Waals surface area contributed by atoms with E-state index < -0.39 is 0 Å². The van der Waals surface area contributed by atoms with Gasteiger partial charge in [0, 0.05) is 0 Å². The number of nitrogens with one attached hydrogen (secondary N) is 1. The number of rotatable bonds is 1. The molecule has 116 valence electrons. The van der Waals surface area contributed by atoms with Crippen LogP contribution in [0.1, 0.15) is 33.6 Å². The molecule has 4 fully saturated rings. The minimum absolute atomic E-state index is 0.0242. The van der Waals surface area contributed by atoms with Gasteiger partial charge < -0.3 is 5.32 Å². The average Bonchev–Trinajstić information content (AvgIpc) is 2.46. The van der Waals surface area contributed by atoms with Crippen LogP contribution in [0.3, 0.4) is 0 Å². The lowest BCUT2D eigenvalue weighted by Gasteiger charge is -2.68. The SMILES string of the molecule is CC1(C)[C@H]2C[C@@H]3C(=O)N(c4ccccc4)C(=S)N[C@]3(C)[C@@H]1C2. The number of benzene rings is 1. The normalized spacial score (nSPS) is 38.9. The Labute approximate surface area is 137 Å². The molecule has 1 aromatic carbocycles. The monoisotopic (exact) mass is 314 g/mol. The van der Waals surface area contributed by atoms with E-state index in [1.807, 2.05) is 30.3 Å². The predicted octanol–water partition coefficient (Wildman–Crippen LogP) is 3.35. The Hall–Kier alpha value is -1.42. The van der Waals surface area contributed by atoms with E-state index in [-0.39, 0.29) is 17.4 Å². The average molecular weight is 314 g/mol. The van der Waals surface area contributed by atoms with Gasteiger partial charge in [-0.3, -0.25) is 9.69 Å². The third-order valence-electron chi connectivity index (χ3n) is 6.55. The van der Waals surface area contributed by atoms with Gasteiger partial charge >= 0.3 is 0 Å². The van der Waals surface area contributed by atoms with Gasteiger partial charge in [0.2, 0.25) is 5.91 Å². The summed E-state index contributed by atoms with van der Waals surface area (Å²) in [5.74, 6) is 1.37. The van der Waals surface area contributed by atoms with Gasteiger partial charge in [-0.05, 0) is 61.4 Å². The maximum atomic E-state index is 13.2. The molecule has 1 saturated heterocycles. The Morgan fingerprint density at radius 1 is 1.18 bits per heavy atom. The summed E-state index contributed by atoms with van der Waals surface area (Å²) in [5, 5.41) is 4.11. The molecular weight excluding hydrogens is 292 g/mol. The quantitative estimate of drug-likeness (QED) is 0.807. The molecular formula is C18H22N2OS. The first-order valence-electron chi connectivity index (χ1n) is 8.07. The van der Waals surface area contributed by atoms with Crippen molar-refractivity contribution in [3.63, 3.8) is 0 Å². The third-order valence-corrected chi connectivity index (χ3v) is 6.84. The maximum absolute atomic E-state index is 13.2. The Balaban J connectivity index is 1.72. The minimum atomic E-state index is -0.197. The topological polar surface area (TPSA) is 32.3 Å². The van der Waals surface area contributed by atoms with E-state index in [0.29, 0.717) is 22.4 Å². The molecule has 0 unspecified atom stereocenters. The summed E-state index contributed by atoms with van der Waals surface area (Å²) in [4.78, 5) is 14.8. The first kappa shape index (κ1) is 14.2. The summed E-state index contributed by atoms with van der Waals surface area (Å²) in [6, 6.07) is 9.74. The zero-order valence-corrected chi connectivity index (χ0v) is 14.1. The number of para-hydroxylation sites is 1. The first-order chi connectivity index (χ1) is 10.4. The zero-order chi connectivity index (χ0) is 15.7. The van der Waals surface area contributed by atoms with Gasteiger partial charge in [0.25, 0.3) is 0 Å². The molecule has 1 aliphatic heterocycles. The van der Waals surface area contributed by atoms with Crippen LogP contribution >= 0.6 is 12.2 Å². The Morgan fingerprint density at radius 2 is 1.86 bits per heavy atom. The van der Waals surface area contributed by atoms with E-state index in [1.54, 1.807) is 4.90 Å². The molecule has 1 amide bonds. The lowest BCUT2D eigenvalue weighted by atomic mass is 9.40. The second-order valence-electron chi connectivity index (χ2n) is 7.82. The summed E-state index contributed by atoms with van der Waals surface area (Å²) in [5.41, 5.74) is 0.978. The van der Waals surface area contributed by atoms with Crippen LogP contribution in [-0.4, -0.2) is 16.6 Å². The highest BCUT2D eigenvalue weighted by atomic mass is 32.1. The number of carbonyl (C=O) groups excluding carboxylic acids is 1. The Kier molecular flexibility index (Phi) is 2.78. The first-order valence-corrected chi connectivity index (χ1v) is 8.47.